The summed E-state index contributed by atoms with van der Waals surface area (Å²) in [5.74, 6) is -0.220. The monoisotopic (exact) mass is 356 g/mol. The first kappa shape index (κ1) is 18.4. The van der Waals surface area contributed by atoms with Crippen LogP contribution in [0, 0.1) is 6.92 Å². The Morgan fingerprint density at radius 2 is 1.72 bits per heavy atom. The lowest BCUT2D eigenvalue weighted by atomic mass is 10.1. The Morgan fingerprint density at radius 1 is 1.08 bits per heavy atom. The van der Waals surface area contributed by atoms with Crippen molar-refractivity contribution in [1.29, 1.82) is 0 Å². The number of benzene rings is 2. The second-order valence-electron chi connectivity index (χ2n) is 5.54. The Labute approximate surface area is 152 Å². The molecule has 0 spiro atoms. The second-order valence-corrected chi connectivity index (χ2v) is 5.92. The summed E-state index contributed by atoms with van der Waals surface area (Å²) in [6.07, 6.45) is 1.77. The van der Waals surface area contributed by atoms with Crippen LogP contribution >= 0.6 is 11.6 Å². The molecule has 1 aliphatic heterocycles. The standard InChI is InChI=1S/C12H12ClN3O.C7H9N/c1-7(17)15-11-9(14)6-8-4-2-3-5-10(8)16-12(11)13;1-6-4-2-3-5-7(6)8/h2-6,16H,14H2,1H3,(H,15,17);2-5H,8H2,1H3. The molecule has 130 valence electrons. The van der Waals surface area contributed by atoms with E-state index in [1.807, 2.05) is 55.5 Å². The van der Waals surface area contributed by atoms with E-state index < -0.39 is 0 Å². The van der Waals surface area contributed by atoms with E-state index in [1.165, 1.54) is 6.92 Å². The van der Waals surface area contributed by atoms with Gasteiger partial charge in [0.2, 0.25) is 5.91 Å². The number of anilines is 2. The molecule has 0 radical (unpaired) electrons. The fourth-order valence-electron chi connectivity index (χ4n) is 2.17. The third kappa shape index (κ3) is 5.02. The molecule has 1 amide bonds. The zero-order valence-corrected chi connectivity index (χ0v) is 14.9. The topological polar surface area (TPSA) is 93.2 Å². The highest BCUT2D eigenvalue weighted by molar-refractivity contribution is 6.31. The molecule has 3 rings (SSSR count). The Hall–Kier alpha value is -2.92. The number of para-hydroxylation sites is 2. The van der Waals surface area contributed by atoms with Gasteiger partial charge in [-0.25, -0.2) is 0 Å². The number of nitrogen functional groups attached to an aromatic ring is 1. The lowest BCUT2D eigenvalue weighted by molar-refractivity contribution is -0.118. The molecule has 2 aromatic rings. The first-order chi connectivity index (χ1) is 11.9. The van der Waals surface area contributed by atoms with E-state index >= 15 is 0 Å². The second kappa shape index (κ2) is 8.26. The van der Waals surface area contributed by atoms with Crippen LogP contribution in [0.2, 0.25) is 0 Å². The molecule has 0 atom stereocenters. The highest BCUT2D eigenvalue weighted by Crippen LogP contribution is 2.27. The Kier molecular flexibility index (Phi) is 6.08. The third-order valence-electron chi connectivity index (χ3n) is 3.51. The van der Waals surface area contributed by atoms with E-state index in [0.717, 1.165) is 22.5 Å². The van der Waals surface area contributed by atoms with Crippen molar-refractivity contribution in [3.63, 3.8) is 0 Å². The van der Waals surface area contributed by atoms with Gasteiger partial charge >= 0.3 is 0 Å². The molecule has 0 bridgehead atoms. The van der Waals surface area contributed by atoms with E-state index in [0.29, 0.717) is 16.6 Å². The van der Waals surface area contributed by atoms with Crippen molar-refractivity contribution in [2.75, 3.05) is 11.1 Å². The van der Waals surface area contributed by atoms with Gasteiger partial charge in [0, 0.05) is 23.9 Å². The largest absolute Gasteiger partial charge is 0.399 e. The van der Waals surface area contributed by atoms with Gasteiger partial charge in [0.05, 0.1) is 11.4 Å². The van der Waals surface area contributed by atoms with Crippen LogP contribution in [-0.2, 0) is 4.79 Å². The van der Waals surface area contributed by atoms with E-state index in [9.17, 15) is 4.79 Å². The molecule has 0 unspecified atom stereocenters. The molecule has 0 fully saturated rings. The van der Waals surface area contributed by atoms with Crippen LogP contribution in [0.15, 0.2) is 65.1 Å². The average Bonchev–Trinajstić information content (AvgIpc) is 2.68. The maximum atomic E-state index is 11.1. The summed E-state index contributed by atoms with van der Waals surface area (Å²) in [5, 5.41) is 5.92. The quantitative estimate of drug-likeness (QED) is 0.464. The predicted octanol–water partition coefficient (Wildman–Crippen LogP) is 3.53. The van der Waals surface area contributed by atoms with Gasteiger partial charge in [0.15, 0.2) is 0 Å². The zero-order valence-electron chi connectivity index (χ0n) is 14.1. The van der Waals surface area contributed by atoms with Crippen molar-refractivity contribution in [2.45, 2.75) is 13.8 Å². The van der Waals surface area contributed by atoms with E-state index in [1.54, 1.807) is 6.08 Å². The lowest BCUT2D eigenvalue weighted by Gasteiger charge is -2.10. The number of amides is 1. The molecule has 25 heavy (non-hydrogen) atoms. The molecule has 6 heteroatoms. The van der Waals surface area contributed by atoms with Gasteiger partial charge in [-0.1, -0.05) is 48.0 Å². The number of hydrogen-bond donors (Lipinski definition) is 4. The summed E-state index contributed by atoms with van der Waals surface area (Å²) in [4.78, 5) is 11.1. The van der Waals surface area contributed by atoms with Crippen LogP contribution in [0.1, 0.15) is 18.1 Å². The number of nitrogens with two attached hydrogens (primary N) is 2. The van der Waals surface area contributed by atoms with Gasteiger partial charge in [-0.3, -0.25) is 4.79 Å². The number of carbonyl (C=O) groups is 1. The van der Waals surface area contributed by atoms with Crippen molar-refractivity contribution in [3.05, 3.63) is 76.2 Å². The smallest absolute Gasteiger partial charge is 0.221 e. The van der Waals surface area contributed by atoms with Gasteiger partial charge in [-0.15, -0.1) is 0 Å². The number of hydrogen-bond acceptors (Lipinski definition) is 4. The van der Waals surface area contributed by atoms with Crippen molar-refractivity contribution >= 4 is 35.0 Å². The van der Waals surface area contributed by atoms with Crippen LogP contribution < -0.4 is 22.1 Å². The fourth-order valence-corrected chi connectivity index (χ4v) is 2.43. The summed E-state index contributed by atoms with van der Waals surface area (Å²) >= 11 is 6.09. The summed E-state index contributed by atoms with van der Waals surface area (Å²) in [6, 6.07) is 15.4. The Morgan fingerprint density at radius 3 is 2.32 bits per heavy atom. The van der Waals surface area contributed by atoms with Crippen LogP contribution in [0.4, 0.5) is 11.4 Å². The normalized spacial score (nSPS) is 12.7. The minimum absolute atomic E-state index is 0.220. The Bertz CT molecular complexity index is 822. The van der Waals surface area contributed by atoms with Crippen LogP contribution in [-0.4, -0.2) is 5.91 Å². The Balaban J connectivity index is 0.000000236. The first-order valence-corrected chi connectivity index (χ1v) is 8.08. The molecule has 2 aromatic carbocycles. The number of carbonyl (C=O) groups excluding carboxylic acids is 1. The van der Waals surface area contributed by atoms with Crippen LogP contribution in [0.5, 0.6) is 0 Å². The van der Waals surface area contributed by atoms with Gasteiger partial charge in [0.1, 0.15) is 5.16 Å². The number of nitrogens with one attached hydrogen (secondary N) is 2. The molecule has 0 saturated carbocycles. The van der Waals surface area contributed by atoms with Gasteiger partial charge in [-0.05, 0) is 30.7 Å². The molecular weight excluding hydrogens is 336 g/mol. The predicted molar refractivity (Wildman–Crippen MR) is 105 cm³/mol. The summed E-state index contributed by atoms with van der Waals surface area (Å²) in [6.45, 7) is 3.40. The maximum absolute atomic E-state index is 11.1. The van der Waals surface area contributed by atoms with E-state index in [2.05, 4.69) is 10.6 Å². The molecule has 0 saturated heterocycles. The van der Waals surface area contributed by atoms with Crippen LogP contribution in [0.3, 0.4) is 0 Å². The third-order valence-corrected chi connectivity index (χ3v) is 3.80. The summed E-state index contributed by atoms with van der Waals surface area (Å²) in [5.41, 5.74) is 16.0. The highest BCUT2D eigenvalue weighted by Gasteiger charge is 2.15. The molecule has 1 aliphatic rings. The highest BCUT2D eigenvalue weighted by atomic mass is 35.5. The molecule has 5 nitrogen and oxygen atoms in total. The average molecular weight is 357 g/mol. The molecule has 6 N–H and O–H groups in total. The maximum Gasteiger partial charge on any atom is 0.221 e. The minimum Gasteiger partial charge on any atom is -0.399 e. The van der Waals surface area contributed by atoms with Gasteiger partial charge < -0.3 is 22.1 Å². The molecule has 0 aliphatic carbocycles. The number of rotatable bonds is 1. The number of aryl methyl sites for hydroxylation is 1. The first-order valence-electron chi connectivity index (χ1n) is 7.70. The van der Waals surface area contributed by atoms with Gasteiger partial charge in [-0.2, -0.15) is 0 Å². The molecule has 0 aromatic heterocycles. The van der Waals surface area contributed by atoms with Crippen molar-refractivity contribution in [1.82, 2.24) is 5.32 Å². The van der Waals surface area contributed by atoms with E-state index in [-0.39, 0.29) is 5.91 Å². The molecular formula is C19H21ClN4O. The van der Waals surface area contributed by atoms with Crippen molar-refractivity contribution in [3.8, 4) is 0 Å². The van der Waals surface area contributed by atoms with Crippen molar-refractivity contribution in [2.24, 2.45) is 5.73 Å². The fraction of sp³-hybridized carbons (Fsp3) is 0.105. The lowest BCUT2D eigenvalue weighted by Crippen LogP contribution is -2.25. The number of fused-ring (bicyclic) bond motifs is 1. The van der Waals surface area contributed by atoms with E-state index in [4.69, 9.17) is 23.1 Å². The van der Waals surface area contributed by atoms with Crippen LogP contribution in [0.25, 0.3) is 6.08 Å². The summed E-state index contributed by atoms with van der Waals surface area (Å²) in [7, 11) is 0. The SMILES string of the molecule is CC(=O)NC1=C(Cl)Nc2ccccc2C=C1N.Cc1ccccc1N. The van der Waals surface area contributed by atoms with Crippen molar-refractivity contribution < 1.29 is 4.79 Å². The number of halogens is 1. The summed E-state index contributed by atoms with van der Waals surface area (Å²) < 4.78 is 0. The zero-order chi connectivity index (χ0) is 18.4. The minimum atomic E-state index is -0.220. The van der Waals surface area contributed by atoms with Gasteiger partial charge in [0.25, 0.3) is 0 Å². The molecule has 1 heterocycles.